The first-order valence-corrected chi connectivity index (χ1v) is 7.75. The molecule has 2 amide bonds. The van der Waals surface area contributed by atoms with Crippen LogP contribution < -0.4 is 0 Å². The number of likely N-dealkylation sites (tertiary alicyclic amines) is 1. The van der Waals surface area contributed by atoms with Crippen LogP contribution in [-0.2, 0) is 4.79 Å². The second-order valence-electron chi connectivity index (χ2n) is 5.28. The minimum Gasteiger partial charge on any atom is -0.480 e. The highest BCUT2D eigenvalue weighted by Gasteiger charge is 2.45. The molecule has 21 heavy (non-hydrogen) atoms. The number of alkyl halides is 3. The van der Waals surface area contributed by atoms with Gasteiger partial charge in [-0.25, -0.2) is 9.59 Å². The standard InChI is InChI=1S/C12H17F3N2O3S/c1-7-17(9(6-21-7)10(18)19)11(20)16-4-2-8(3-5-16)12(13,14)15/h7-9H,2-6H2,1H3,(H,18,19). The summed E-state index contributed by atoms with van der Waals surface area (Å²) in [5, 5.41) is 8.84. The highest BCUT2D eigenvalue weighted by Crippen LogP contribution is 2.35. The van der Waals surface area contributed by atoms with Gasteiger partial charge in [0.25, 0.3) is 0 Å². The van der Waals surface area contributed by atoms with E-state index in [-0.39, 0.29) is 31.3 Å². The Morgan fingerprint density at radius 1 is 1.24 bits per heavy atom. The first kappa shape index (κ1) is 16.3. The normalized spacial score (nSPS) is 28.0. The highest BCUT2D eigenvalue weighted by atomic mass is 32.2. The largest absolute Gasteiger partial charge is 0.480 e. The quantitative estimate of drug-likeness (QED) is 0.803. The summed E-state index contributed by atoms with van der Waals surface area (Å²) in [4.78, 5) is 26.1. The third-order valence-electron chi connectivity index (χ3n) is 3.96. The summed E-state index contributed by atoms with van der Waals surface area (Å²) >= 11 is 1.36. The molecule has 1 N–H and O–H groups in total. The zero-order chi connectivity index (χ0) is 15.8. The molecule has 0 aromatic carbocycles. The summed E-state index contributed by atoms with van der Waals surface area (Å²) in [5.41, 5.74) is 0. The fourth-order valence-corrected chi connectivity index (χ4v) is 3.85. The van der Waals surface area contributed by atoms with Gasteiger partial charge in [-0.15, -0.1) is 11.8 Å². The van der Waals surface area contributed by atoms with E-state index < -0.39 is 30.1 Å². The second-order valence-corrected chi connectivity index (χ2v) is 6.63. The Morgan fingerprint density at radius 3 is 2.29 bits per heavy atom. The molecule has 2 aliphatic rings. The van der Waals surface area contributed by atoms with Gasteiger partial charge in [0, 0.05) is 18.8 Å². The summed E-state index contributed by atoms with van der Waals surface area (Å²) in [6.07, 6.45) is -4.47. The minimum atomic E-state index is -4.23. The van der Waals surface area contributed by atoms with E-state index in [1.165, 1.54) is 21.6 Å². The lowest BCUT2D eigenvalue weighted by Gasteiger charge is -2.37. The van der Waals surface area contributed by atoms with Crippen LogP contribution in [0.3, 0.4) is 0 Å². The van der Waals surface area contributed by atoms with Crippen molar-refractivity contribution in [2.45, 2.75) is 37.4 Å². The number of hydrogen-bond acceptors (Lipinski definition) is 3. The van der Waals surface area contributed by atoms with Crippen molar-refractivity contribution in [3.8, 4) is 0 Å². The Hall–Kier alpha value is -1.12. The van der Waals surface area contributed by atoms with Crippen LogP contribution >= 0.6 is 11.8 Å². The van der Waals surface area contributed by atoms with Crippen LogP contribution in [0.1, 0.15) is 19.8 Å². The van der Waals surface area contributed by atoms with Crippen molar-refractivity contribution in [1.82, 2.24) is 9.80 Å². The van der Waals surface area contributed by atoms with Crippen molar-refractivity contribution in [3.63, 3.8) is 0 Å². The Bertz CT molecular complexity index is 424. The maximum absolute atomic E-state index is 12.6. The van der Waals surface area contributed by atoms with Gasteiger partial charge in [0.05, 0.1) is 11.3 Å². The fourth-order valence-electron chi connectivity index (χ4n) is 2.68. The first-order valence-electron chi connectivity index (χ1n) is 6.70. The maximum Gasteiger partial charge on any atom is 0.391 e. The minimum absolute atomic E-state index is 0.0171. The molecule has 9 heteroatoms. The molecular formula is C12H17F3N2O3S. The van der Waals surface area contributed by atoms with Crippen molar-refractivity contribution in [3.05, 3.63) is 0 Å². The van der Waals surface area contributed by atoms with Gasteiger partial charge in [-0.3, -0.25) is 4.90 Å². The molecule has 2 fully saturated rings. The number of amides is 2. The lowest BCUT2D eigenvalue weighted by molar-refractivity contribution is -0.183. The Labute approximate surface area is 124 Å². The average molecular weight is 326 g/mol. The molecular weight excluding hydrogens is 309 g/mol. The number of carbonyl (C=O) groups excluding carboxylic acids is 1. The zero-order valence-corrected chi connectivity index (χ0v) is 12.3. The number of aliphatic carboxylic acids is 1. The molecule has 2 heterocycles. The number of hydrogen-bond donors (Lipinski definition) is 1. The van der Waals surface area contributed by atoms with E-state index in [0.29, 0.717) is 5.75 Å². The number of piperidine rings is 1. The van der Waals surface area contributed by atoms with Crippen LogP contribution in [0.25, 0.3) is 0 Å². The predicted molar refractivity (Wildman–Crippen MR) is 70.9 cm³/mol. The molecule has 2 aliphatic heterocycles. The van der Waals surface area contributed by atoms with Gasteiger partial charge in [0.1, 0.15) is 6.04 Å². The van der Waals surface area contributed by atoms with Gasteiger partial charge < -0.3 is 10.0 Å². The molecule has 120 valence electrons. The van der Waals surface area contributed by atoms with Crippen LogP contribution in [0.4, 0.5) is 18.0 Å². The molecule has 0 radical (unpaired) electrons. The molecule has 5 nitrogen and oxygen atoms in total. The summed E-state index contributed by atoms with van der Waals surface area (Å²) in [6, 6.07) is -1.38. The van der Waals surface area contributed by atoms with Crippen LogP contribution in [0.2, 0.25) is 0 Å². The molecule has 2 atom stereocenters. The molecule has 2 unspecified atom stereocenters. The molecule has 0 saturated carbocycles. The van der Waals surface area contributed by atoms with E-state index in [0.717, 1.165) is 0 Å². The van der Waals surface area contributed by atoms with Crippen molar-refractivity contribution >= 4 is 23.8 Å². The number of carboxylic acids is 1. The van der Waals surface area contributed by atoms with Crippen LogP contribution in [0, 0.1) is 5.92 Å². The fraction of sp³-hybridized carbons (Fsp3) is 0.833. The van der Waals surface area contributed by atoms with Gasteiger partial charge in [-0.05, 0) is 19.8 Å². The van der Waals surface area contributed by atoms with Gasteiger partial charge >= 0.3 is 18.2 Å². The Balaban J connectivity index is 2.00. The SMILES string of the molecule is CC1SCC(C(=O)O)N1C(=O)N1CCC(C(F)(F)F)CC1. The van der Waals surface area contributed by atoms with Gasteiger partial charge in [-0.2, -0.15) is 13.2 Å². The van der Waals surface area contributed by atoms with Crippen molar-refractivity contribution in [2.24, 2.45) is 5.92 Å². The number of rotatable bonds is 1. The van der Waals surface area contributed by atoms with Crippen LogP contribution in [0.5, 0.6) is 0 Å². The third-order valence-corrected chi connectivity index (χ3v) is 5.17. The summed E-state index contributed by atoms with van der Waals surface area (Å²) in [7, 11) is 0. The number of carboxylic acid groups (broad SMARTS) is 1. The maximum atomic E-state index is 12.6. The molecule has 0 bridgehead atoms. The third kappa shape index (κ3) is 3.38. The Kier molecular flexibility index (Phi) is 4.60. The molecule has 0 aliphatic carbocycles. The molecule has 0 spiro atoms. The number of urea groups is 1. The molecule has 2 saturated heterocycles. The van der Waals surface area contributed by atoms with Gasteiger partial charge in [0.15, 0.2) is 0 Å². The Morgan fingerprint density at radius 2 is 1.81 bits per heavy atom. The average Bonchev–Trinajstić information content (AvgIpc) is 2.79. The van der Waals surface area contributed by atoms with E-state index in [4.69, 9.17) is 5.11 Å². The topological polar surface area (TPSA) is 60.9 Å². The lowest BCUT2D eigenvalue weighted by Crippen LogP contribution is -2.53. The van der Waals surface area contributed by atoms with E-state index in [9.17, 15) is 22.8 Å². The summed E-state index contributed by atoms with van der Waals surface area (Å²) < 4.78 is 37.8. The van der Waals surface area contributed by atoms with E-state index in [2.05, 4.69) is 0 Å². The molecule has 0 aromatic heterocycles. The van der Waals surface area contributed by atoms with E-state index in [1.54, 1.807) is 6.92 Å². The number of halogens is 3. The summed E-state index contributed by atoms with van der Waals surface area (Å²) in [6.45, 7) is 1.76. The zero-order valence-electron chi connectivity index (χ0n) is 11.5. The monoisotopic (exact) mass is 326 g/mol. The molecule has 0 aromatic rings. The highest BCUT2D eigenvalue weighted by molar-refractivity contribution is 8.00. The van der Waals surface area contributed by atoms with E-state index in [1.807, 2.05) is 0 Å². The van der Waals surface area contributed by atoms with Crippen LogP contribution in [-0.4, -0.2) is 63.3 Å². The van der Waals surface area contributed by atoms with Gasteiger partial charge in [0.2, 0.25) is 0 Å². The first-order chi connectivity index (χ1) is 9.71. The number of thioether (sulfide) groups is 1. The lowest BCUT2D eigenvalue weighted by atomic mass is 9.96. The van der Waals surface area contributed by atoms with Crippen molar-refractivity contribution in [2.75, 3.05) is 18.8 Å². The smallest absolute Gasteiger partial charge is 0.391 e. The van der Waals surface area contributed by atoms with Crippen molar-refractivity contribution in [1.29, 1.82) is 0 Å². The molecule has 2 rings (SSSR count). The second kappa shape index (κ2) is 5.94. The summed E-state index contributed by atoms with van der Waals surface area (Å²) in [5.74, 6) is -2.14. The van der Waals surface area contributed by atoms with Crippen LogP contribution in [0.15, 0.2) is 0 Å². The number of carbonyl (C=O) groups is 2. The number of nitrogens with zero attached hydrogens (tertiary/aromatic N) is 2. The van der Waals surface area contributed by atoms with Crippen molar-refractivity contribution < 1.29 is 27.9 Å². The van der Waals surface area contributed by atoms with Gasteiger partial charge in [-0.1, -0.05) is 0 Å². The van der Waals surface area contributed by atoms with E-state index >= 15 is 0 Å². The predicted octanol–water partition coefficient (Wildman–Crippen LogP) is 2.23.